The number of halogens is 3. The number of nitriles is 1. The molecule has 5 heterocycles. The monoisotopic (exact) mass is 568 g/mol. The number of aliphatic hydroxyl groups is 1. The van der Waals surface area contributed by atoms with E-state index in [4.69, 9.17) is 4.74 Å². The van der Waals surface area contributed by atoms with Gasteiger partial charge in [0.2, 0.25) is 5.88 Å². The number of nitrogens with one attached hydrogen (secondary N) is 1. The molecule has 1 saturated heterocycles. The van der Waals surface area contributed by atoms with Gasteiger partial charge in [-0.2, -0.15) is 23.5 Å². The second-order valence-electron chi connectivity index (χ2n) is 11.1. The van der Waals surface area contributed by atoms with Gasteiger partial charge in [0, 0.05) is 43.6 Å². The Bertz CT molecular complexity index is 1400. The normalized spacial score (nSPS) is 28.0. The Balaban J connectivity index is 1.07. The number of nitrogens with zero attached hydrogens (tertiary/aromatic N) is 7. The van der Waals surface area contributed by atoms with E-state index >= 15 is 0 Å². The number of aliphatic hydroxyl groups excluding tert-OH is 1. The van der Waals surface area contributed by atoms with Crippen molar-refractivity contribution in [1.29, 1.82) is 5.26 Å². The first-order valence-electron chi connectivity index (χ1n) is 13.8. The lowest BCUT2D eigenvalue weighted by Crippen LogP contribution is -2.58. The average molecular weight is 569 g/mol. The van der Waals surface area contributed by atoms with E-state index in [9.17, 15) is 23.5 Å². The average Bonchev–Trinajstić information content (AvgIpc) is 3.61. The summed E-state index contributed by atoms with van der Waals surface area (Å²) in [6, 6.07) is 4.96. The SMILES string of the molecule is N#CC[C@]1(n2cc(C3N=CN=C4NC=CC43)cn2)C[C@H](N2CCC(Oc3cc(CCO)cc(C(F)(F)F)n3)CC2)C1. The van der Waals surface area contributed by atoms with Crippen LogP contribution in [0.1, 0.15) is 55.0 Å². The highest BCUT2D eigenvalue weighted by Gasteiger charge is 2.49. The second-order valence-corrected chi connectivity index (χ2v) is 11.1. The molecule has 1 saturated carbocycles. The highest BCUT2D eigenvalue weighted by Crippen LogP contribution is 2.46. The van der Waals surface area contributed by atoms with Crippen LogP contribution < -0.4 is 10.1 Å². The molecule has 216 valence electrons. The number of ether oxygens (including phenoxy) is 1. The van der Waals surface area contributed by atoms with Gasteiger partial charge in [0.05, 0.1) is 36.2 Å². The summed E-state index contributed by atoms with van der Waals surface area (Å²) in [5.74, 6) is 0.863. The van der Waals surface area contributed by atoms with Crippen LogP contribution in [0, 0.1) is 17.2 Å². The molecular formula is C28H31F3N8O2. The van der Waals surface area contributed by atoms with E-state index in [1.54, 1.807) is 6.34 Å². The van der Waals surface area contributed by atoms with Crippen molar-refractivity contribution in [2.24, 2.45) is 15.9 Å². The maximum atomic E-state index is 13.3. The molecule has 2 aromatic rings. The molecule has 0 radical (unpaired) electrons. The molecule has 0 aromatic carbocycles. The predicted octanol–water partition coefficient (Wildman–Crippen LogP) is 3.36. The van der Waals surface area contributed by atoms with Gasteiger partial charge in [-0.05, 0) is 49.9 Å². The molecule has 2 fully saturated rings. The van der Waals surface area contributed by atoms with E-state index in [0.717, 1.165) is 43.4 Å². The molecule has 0 spiro atoms. The summed E-state index contributed by atoms with van der Waals surface area (Å²) in [5.41, 5.74) is -0.0698. The van der Waals surface area contributed by atoms with Crippen molar-refractivity contribution in [3.05, 3.63) is 53.6 Å². The highest BCUT2D eigenvalue weighted by molar-refractivity contribution is 5.96. The van der Waals surface area contributed by atoms with Crippen molar-refractivity contribution in [3.8, 4) is 11.9 Å². The summed E-state index contributed by atoms with van der Waals surface area (Å²) in [4.78, 5) is 14.9. The minimum atomic E-state index is -4.59. The molecule has 2 unspecified atom stereocenters. The molecule has 6 rings (SSSR count). The minimum absolute atomic E-state index is 0.0506. The lowest BCUT2D eigenvalue weighted by Gasteiger charge is -2.52. The fraction of sp³-hybridized carbons (Fsp3) is 0.536. The lowest BCUT2D eigenvalue weighted by molar-refractivity contribution is -0.141. The Labute approximate surface area is 235 Å². The van der Waals surface area contributed by atoms with Crippen LogP contribution >= 0.6 is 0 Å². The Morgan fingerprint density at radius 3 is 2.76 bits per heavy atom. The first-order chi connectivity index (χ1) is 19.8. The number of hydrogen-bond acceptors (Lipinski definition) is 9. The number of likely N-dealkylation sites (tertiary alicyclic amines) is 1. The van der Waals surface area contributed by atoms with E-state index in [1.807, 2.05) is 29.4 Å². The van der Waals surface area contributed by atoms with Crippen LogP contribution in [0.2, 0.25) is 0 Å². The van der Waals surface area contributed by atoms with Gasteiger partial charge in [-0.25, -0.2) is 9.98 Å². The van der Waals surface area contributed by atoms with Gasteiger partial charge < -0.3 is 15.2 Å². The van der Waals surface area contributed by atoms with Gasteiger partial charge in [0.15, 0.2) is 0 Å². The number of aromatic nitrogens is 3. The Kier molecular flexibility index (Phi) is 7.29. The van der Waals surface area contributed by atoms with E-state index < -0.39 is 11.9 Å². The summed E-state index contributed by atoms with van der Waals surface area (Å²) in [6.45, 7) is 1.22. The number of pyridine rings is 1. The Hall–Kier alpha value is -3.76. The molecule has 3 aliphatic heterocycles. The molecule has 2 aromatic heterocycles. The summed E-state index contributed by atoms with van der Waals surface area (Å²) in [7, 11) is 0. The predicted molar refractivity (Wildman–Crippen MR) is 143 cm³/mol. The number of alkyl halides is 3. The van der Waals surface area contributed by atoms with E-state index in [-0.39, 0.29) is 48.6 Å². The van der Waals surface area contributed by atoms with Crippen LogP contribution in [0.5, 0.6) is 5.88 Å². The molecular weight excluding hydrogens is 537 g/mol. The van der Waals surface area contributed by atoms with Crippen LogP contribution in [-0.2, 0) is 18.1 Å². The van der Waals surface area contributed by atoms with Crippen LogP contribution in [0.15, 0.2) is 46.8 Å². The third-order valence-electron chi connectivity index (χ3n) is 8.52. The molecule has 1 aliphatic carbocycles. The first-order valence-corrected chi connectivity index (χ1v) is 13.8. The van der Waals surface area contributed by atoms with Crippen LogP contribution in [0.25, 0.3) is 0 Å². The van der Waals surface area contributed by atoms with Gasteiger partial charge in [0.25, 0.3) is 0 Å². The number of amidine groups is 1. The highest BCUT2D eigenvalue weighted by atomic mass is 19.4. The van der Waals surface area contributed by atoms with Crippen molar-refractivity contribution in [3.63, 3.8) is 0 Å². The van der Waals surface area contributed by atoms with Crippen molar-refractivity contribution >= 4 is 12.2 Å². The number of rotatable bonds is 8. The van der Waals surface area contributed by atoms with Crippen molar-refractivity contribution in [1.82, 2.24) is 25.0 Å². The zero-order valence-electron chi connectivity index (χ0n) is 22.3. The fourth-order valence-corrected chi connectivity index (χ4v) is 6.31. The first kappa shape index (κ1) is 27.4. The lowest BCUT2D eigenvalue weighted by atomic mass is 9.69. The topological polar surface area (TPSA) is 124 Å². The van der Waals surface area contributed by atoms with Crippen molar-refractivity contribution < 1.29 is 23.0 Å². The van der Waals surface area contributed by atoms with Crippen LogP contribution in [0.3, 0.4) is 0 Å². The summed E-state index contributed by atoms with van der Waals surface area (Å²) in [6.07, 6.45) is 7.86. The van der Waals surface area contributed by atoms with E-state index in [2.05, 4.69) is 36.4 Å². The van der Waals surface area contributed by atoms with Crippen molar-refractivity contribution in [2.45, 2.75) is 68.4 Å². The standard InChI is InChI=1S/C28H31F3N8O2/c29-28(30,31)23-11-18(4-10-40)12-24(37-23)41-21-2-8-38(9-3-21)20-13-27(14-20,5-6-32)39-16-19(15-36-39)25-22-1-7-33-26(22)35-17-34-25/h1,7,11-12,15-17,20-22,25,40H,2-5,8-10,13-14H2,(H,33,34,35)/t20-,22?,25?,27-. The Morgan fingerprint density at radius 1 is 1.22 bits per heavy atom. The zero-order chi connectivity index (χ0) is 28.6. The zero-order valence-corrected chi connectivity index (χ0v) is 22.3. The maximum absolute atomic E-state index is 13.3. The maximum Gasteiger partial charge on any atom is 0.433 e. The molecule has 2 atom stereocenters. The van der Waals surface area contributed by atoms with Gasteiger partial charge in [-0.15, -0.1) is 0 Å². The molecule has 10 nitrogen and oxygen atoms in total. The van der Waals surface area contributed by atoms with Gasteiger partial charge >= 0.3 is 6.18 Å². The third-order valence-corrected chi connectivity index (χ3v) is 8.52. The molecule has 2 N–H and O–H groups in total. The van der Waals surface area contributed by atoms with Crippen LogP contribution in [0.4, 0.5) is 13.2 Å². The molecule has 4 aliphatic rings. The van der Waals surface area contributed by atoms with E-state index in [1.165, 1.54) is 6.07 Å². The van der Waals surface area contributed by atoms with Crippen LogP contribution in [-0.4, -0.2) is 68.8 Å². The molecule has 41 heavy (non-hydrogen) atoms. The van der Waals surface area contributed by atoms with Gasteiger partial charge in [0.1, 0.15) is 24.0 Å². The second kappa shape index (κ2) is 10.9. The largest absolute Gasteiger partial charge is 0.474 e. The quantitative estimate of drug-likeness (QED) is 0.501. The minimum Gasteiger partial charge on any atom is -0.474 e. The number of piperidine rings is 1. The smallest absolute Gasteiger partial charge is 0.433 e. The van der Waals surface area contributed by atoms with Gasteiger partial charge in [-0.1, -0.05) is 6.08 Å². The number of aliphatic imine (C=N–C) groups is 2. The van der Waals surface area contributed by atoms with Crippen molar-refractivity contribution in [2.75, 3.05) is 19.7 Å². The fourth-order valence-electron chi connectivity index (χ4n) is 6.31. The third kappa shape index (κ3) is 5.46. The summed E-state index contributed by atoms with van der Waals surface area (Å²) < 4.78 is 47.8. The Morgan fingerprint density at radius 2 is 2.02 bits per heavy atom. The number of fused-ring (bicyclic) bond motifs is 1. The molecule has 0 amide bonds. The van der Waals surface area contributed by atoms with E-state index in [0.29, 0.717) is 24.8 Å². The van der Waals surface area contributed by atoms with Gasteiger partial charge in [-0.3, -0.25) is 14.6 Å². The molecule has 13 heteroatoms. The molecule has 0 bridgehead atoms. The summed E-state index contributed by atoms with van der Waals surface area (Å²) >= 11 is 0. The summed E-state index contributed by atoms with van der Waals surface area (Å²) in [5, 5.41) is 26.6. The number of hydrogen-bond donors (Lipinski definition) is 2.